The predicted molar refractivity (Wildman–Crippen MR) is 42.8 cm³/mol. The summed E-state index contributed by atoms with van der Waals surface area (Å²) in [5.74, 6) is -0.541. The SMILES string of the molecule is N[C@H](CCO)c1cccc(F)n1. The molecule has 0 saturated heterocycles. The van der Waals surface area contributed by atoms with Gasteiger partial charge in [-0.3, -0.25) is 0 Å². The molecule has 1 atom stereocenters. The molecule has 12 heavy (non-hydrogen) atoms. The Morgan fingerprint density at radius 1 is 1.58 bits per heavy atom. The molecule has 0 spiro atoms. The predicted octanol–water partition coefficient (Wildman–Crippen LogP) is 0.603. The van der Waals surface area contributed by atoms with E-state index in [1.165, 1.54) is 6.07 Å². The van der Waals surface area contributed by atoms with E-state index in [9.17, 15) is 4.39 Å². The number of hydrogen-bond donors (Lipinski definition) is 2. The normalized spacial score (nSPS) is 12.9. The summed E-state index contributed by atoms with van der Waals surface area (Å²) in [6.45, 7) is -0.0145. The van der Waals surface area contributed by atoms with Gasteiger partial charge in [-0.2, -0.15) is 4.39 Å². The maximum Gasteiger partial charge on any atom is 0.213 e. The molecular weight excluding hydrogens is 159 g/mol. The highest BCUT2D eigenvalue weighted by Gasteiger charge is 2.06. The fourth-order valence-electron chi connectivity index (χ4n) is 0.917. The monoisotopic (exact) mass is 170 g/mol. The van der Waals surface area contributed by atoms with Gasteiger partial charge in [-0.15, -0.1) is 0 Å². The molecule has 0 aromatic carbocycles. The van der Waals surface area contributed by atoms with Crippen molar-refractivity contribution in [1.82, 2.24) is 4.98 Å². The third-order valence-corrected chi connectivity index (χ3v) is 1.56. The first kappa shape index (κ1) is 9.09. The van der Waals surface area contributed by atoms with Crippen LogP contribution in [0.3, 0.4) is 0 Å². The third-order valence-electron chi connectivity index (χ3n) is 1.56. The maximum absolute atomic E-state index is 12.5. The topological polar surface area (TPSA) is 59.1 Å². The summed E-state index contributed by atoms with van der Waals surface area (Å²) in [4.78, 5) is 3.59. The molecule has 3 nitrogen and oxygen atoms in total. The lowest BCUT2D eigenvalue weighted by Gasteiger charge is -2.07. The van der Waals surface area contributed by atoms with Crippen LogP contribution in [0, 0.1) is 5.95 Å². The van der Waals surface area contributed by atoms with E-state index < -0.39 is 5.95 Å². The molecule has 0 unspecified atom stereocenters. The van der Waals surface area contributed by atoms with Crippen molar-refractivity contribution in [2.45, 2.75) is 12.5 Å². The number of halogens is 1. The van der Waals surface area contributed by atoms with Crippen LogP contribution in [0.4, 0.5) is 4.39 Å². The summed E-state index contributed by atoms with van der Waals surface area (Å²) in [6.07, 6.45) is 0.399. The molecule has 66 valence electrons. The molecule has 0 aliphatic rings. The van der Waals surface area contributed by atoms with E-state index in [0.29, 0.717) is 12.1 Å². The second-order valence-electron chi connectivity index (χ2n) is 2.50. The van der Waals surface area contributed by atoms with Crippen LogP contribution in [0.25, 0.3) is 0 Å². The quantitative estimate of drug-likeness (QED) is 0.653. The minimum absolute atomic E-state index is 0.0145. The lowest BCUT2D eigenvalue weighted by Crippen LogP contribution is -2.13. The maximum atomic E-state index is 12.5. The van der Waals surface area contributed by atoms with Crippen LogP contribution in [-0.2, 0) is 0 Å². The number of rotatable bonds is 3. The number of aromatic nitrogens is 1. The fourth-order valence-corrected chi connectivity index (χ4v) is 0.917. The Labute approximate surface area is 70.0 Å². The van der Waals surface area contributed by atoms with Gasteiger partial charge < -0.3 is 10.8 Å². The first-order valence-corrected chi connectivity index (χ1v) is 3.73. The summed E-state index contributed by atoms with van der Waals surface area (Å²) in [5.41, 5.74) is 6.06. The number of aliphatic hydroxyl groups is 1. The van der Waals surface area contributed by atoms with Gasteiger partial charge in [-0.1, -0.05) is 6.07 Å². The van der Waals surface area contributed by atoms with E-state index in [1.807, 2.05) is 0 Å². The molecule has 0 saturated carbocycles. The van der Waals surface area contributed by atoms with Crippen LogP contribution < -0.4 is 5.73 Å². The Bertz CT molecular complexity index is 255. The molecule has 1 aromatic rings. The Morgan fingerprint density at radius 2 is 2.33 bits per heavy atom. The molecule has 3 N–H and O–H groups in total. The van der Waals surface area contributed by atoms with Gasteiger partial charge >= 0.3 is 0 Å². The van der Waals surface area contributed by atoms with Crippen molar-refractivity contribution in [2.75, 3.05) is 6.61 Å². The first-order chi connectivity index (χ1) is 5.74. The van der Waals surface area contributed by atoms with Gasteiger partial charge in [0.1, 0.15) is 0 Å². The van der Waals surface area contributed by atoms with Gasteiger partial charge in [-0.25, -0.2) is 4.98 Å². The molecule has 1 rings (SSSR count). The van der Waals surface area contributed by atoms with E-state index in [4.69, 9.17) is 10.8 Å². The highest BCUT2D eigenvalue weighted by molar-refractivity contribution is 5.08. The summed E-state index contributed by atoms with van der Waals surface area (Å²) in [6, 6.07) is 4.07. The van der Waals surface area contributed by atoms with Crippen molar-refractivity contribution in [1.29, 1.82) is 0 Å². The van der Waals surface area contributed by atoms with Gasteiger partial charge in [-0.05, 0) is 18.6 Å². The largest absolute Gasteiger partial charge is 0.396 e. The molecule has 0 aliphatic heterocycles. The summed E-state index contributed by atoms with van der Waals surface area (Å²) in [7, 11) is 0. The van der Waals surface area contributed by atoms with E-state index in [1.54, 1.807) is 12.1 Å². The molecule has 4 heteroatoms. The van der Waals surface area contributed by atoms with E-state index >= 15 is 0 Å². The zero-order valence-corrected chi connectivity index (χ0v) is 6.57. The standard InChI is InChI=1S/C8H11FN2O/c9-8-3-1-2-7(11-8)6(10)4-5-12/h1-3,6,12H,4-5,10H2/t6-/m1/s1. The molecular formula is C8H11FN2O. The smallest absolute Gasteiger partial charge is 0.213 e. The van der Waals surface area contributed by atoms with E-state index in [2.05, 4.69) is 4.98 Å². The Hall–Kier alpha value is -1.00. The van der Waals surface area contributed by atoms with Crippen molar-refractivity contribution < 1.29 is 9.50 Å². The van der Waals surface area contributed by atoms with Crippen molar-refractivity contribution in [3.05, 3.63) is 29.8 Å². The summed E-state index contributed by atoms with van der Waals surface area (Å²) in [5, 5.41) is 8.57. The number of pyridine rings is 1. The van der Waals surface area contributed by atoms with Crippen LogP contribution in [-0.4, -0.2) is 16.7 Å². The lowest BCUT2D eigenvalue weighted by molar-refractivity contribution is 0.275. The second kappa shape index (κ2) is 4.13. The molecule has 0 radical (unpaired) electrons. The number of nitrogens with two attached hydrogens (primary N) is 1. The van der Waals surface area contributed by atoms with Crippen LogP contribution in [0.2, 0.25) is 0 Å². The van der Waals surface area contributed by atoms with Crippen LogP contribution in [0.5, 0.6) is 0 Å². The molecule has 1 heterocycles. The Morgan fingerprint density at radius 3 is 2.92 bits per heavy atom. The van der Waals surface area contributed by atoms with Gasteiger partial charge in [0.25, 0.3) is 0 Å². The van der Waals surface area contributed by atoms with Gasteiger partial charge in [0.2, 0.25) is 5.95 Å². The van der Waals surface area contributed by atoms with Crippen LogP contribution in [0.15, 0.2) is 18.2 Å². The molecule has 0 fully saturated rings. The fraction of sp³-hybridized carbons (Fsp3) is 0.375. The number of aliphatic hydroxyl groups excluding tert-OH is 1. The third kappa shape index (κ3) is 2.25. The van der Waals surface area contributed by atoms with Gasteiger partial charge in [0.05, 0.1) is 5.69 Å². The van der Waals surface area contributed by atoms with Crippen molar-refractivity contribution in [3.63, 3.8) is 0 Å². The van der Waals surface area contributed by atoms with E-state index in [-0.39, 0.29) is 12.6 Å². The molecule has 0 aliphatic carbocycles. The summed E-state index contributed by atoms with van der Waals surface area (Å²) >= 11 is 0. The van der Waals surface area contributed by atoms with Crippen LogP contribution >= 0.6 is 0 Å². The minimum atomic E-state index is -0.541. The highest BCUT2D eigenvalue weighted by atomic mass is 19.1. The van der Waals surface area contributed by atoms with E-state index in [0.717, 1.165) is 0 Å². The summed E-state index contributed by atoms with van der Waals surface area (Å²) < 4.78 is 12.5. The van der Waals surface area contributed by atoms with Gasteiger partial charge in [0.15, 0.2) is 0 Å². The van der Waals surface area contributed by atoms with Crippen molar-refractivity contribution in [3.8, 4) is 0 Å². The minimum Gasteiger partial charge on any atom is -0.396 e. The number of hydrogen-bond acceptors (Lipinski definition) is 3. The number of nitrogens with zero attached hydrogens (tertiary/aromatic N) is 1. The Balaban J connectivity index is 2.73. The van der Waals surface area contributed by atoms with Crippen LogP contribution in [0.1, 0.15) is 18.2 Å². The highest BCUT2D eigenvalue weighted by Crippen LogP contribution is 2.10. The molecule has 0 amide bonds. The van der Waals surface area contributed by atoms with Gasteiger partial charge in [0, 0.05) is 12.6 Å². The average Bonchev–Trinajstić information content (AvgIpc) is 2.05. The Kier molecular flexibility index (Phi) is 3.13. The second-order valence-corrected chi connectivity index (χ2v) is 2.50. The first-order valence-electron chi connectivity index (χ1n) is 3.73. The molecule has 1 aromatic heterocycles. The van der Waals surface area contributed by atoms with Crippen molar-refractivity contribution in [2.24, 2.45) is 5.73 Å². The zero-order valence-electron chi connectivity index (χ0n) is 6.57. The average molecular weight is 170 g/mol. The van der Waals surface area contributed by atoms with Crippen molar-refractivity contribution >= 4 is 0 Å². The lowest BCUT2D eigenvalue weighted by atomic mass is 10.1. The zero-order chi connectivity index (χ0) is 8.97. The molecule has 0 bridgehead atoms.